The number of hydrogen-bond donors (Lipinski definition) is 1. The lowest BCUT2D eigenvalue weighted by Gasteiger charge is -2.24. The predicted octanol–water partition coefficient (Wildman–Crippen LogP) is 2.18. The van der Waals surface area contributed by atoms with Gasteiger partial charge in [0, 0.05) is 20.1 Å². The van der Waals surface area contributed by atoms with Crippen molar-refractivity contribution in [3.05, 3.63) is 34.2 Å². The molecule has 1 saturated carbocycles. The average Bonchev–Trinajstić information content (AvgIpc) is 3.27. The van der Waals surface area contributed by atoms with E-state index in [2.05, 4.69) is 30.4 Å². The van der Waals surface area contributed by atoms with E-state index < -0.39 is 0 Å². The van der Waals surface area contributed by atoms with Crippen LogP contribution in [0.15, 0.2) is 23.0 Å². The first-order chi connectivity index (χ1) is 9.54. The molecule has 1 aromatic carbocycles. The number of hydrogen-bond acceptors (Lipinski definition) is 2. The highest BCUT2D eigenvalue weighted by Gasteiger charge is 2.33. The van der Waals surface area contributed by atoms with Gasteiger partial charge in [0.15, 0.2) is 0 Å². The molecule has 2 unspecified atom stereocenters. The Balaban J connectivity index is 2.07. The van der Waals surface area contributed by atoms with Gasteiger partial charge in [-0.25, -0.2) is 4.79 Å². The van der Waals surface area contributed by atoms with E-state index in [1.807, 2.05) is 21.1 Å². The lowest BCUT2D eigenvalue weighted by Crippen LogP contribution is -2.24. The molecule has 4 nitrogen and oxygen atoms in total. The normalized spacial score (nSPS) is 18.4. The van der Waals surface area contributed by atoms with Crippen molar-refractivity contribution in [1.82, 2.24) is 14.5 Å². The molecule has 20 heavy (non-hydrogen) atoms. The highest BCUT2D eigenvalue weighted by Crippen LogP contribution is 2.42. The highest BCUT2D eigenvalue weighted by molar-refractivity contribution is 5.77. The molecule has 1 fully saturated rings. The maximum absolute atomic E-state index is 12.0. The van der Waals surface area contributed by atoms with Gasteiger partial charge in [0.2, 0.25) is 0 Å². The number of nitrogens with zero attached hydrogens (tertiary/aromatic N) is 2. The summed E-state index contributed by atoms with van der Waals surface area (Å²) in [5.41, 5.74) is 3.32. The second-order valence-corrected chi connectivity index (χ2v) is 6.11. The Hall–Kier alpha value is -1.55. The van der Waals surface area contributed by atoms with Crippen LogP contribution in [0.2, 0.25) is 0 Å². The topological polar surface area (TPSA) is 39.0 Å². The van der Waals surface area contributed by atoms with Crippen LogP contribution in [0.25, 0.3) is 11.0 Å². The van der Waals surface area contributed by atoms with Crippen LogP contribution in [0.3, 0.4) is 0 Å². The Kier molecular flexibility index (Phi) is 3.21. The van der Waals surface area contributed by atoms with E-state index in [4.69, 9.17) is 0 Å². The summed E-state index contributed by atoms with van der Waals surface area (Å²) in [6.07, 6.45) is 2.71. The van der Waals surface area contributed by atoms with Gasteiger partial charge in [-0.05, 0) is 49.4 Å². The Morgan fingerprint density at radius 3 is 2.45 bits per heavy atom. The minimum absolute atomic E-state index is 0.0356. The monoisotopic (exact) mass is 273 g/mol. The second kappa shape index (κ2) is 4.77. The third kappa shape index (κ3) is 1.99. The number of fused-ring (bicyclic) bond motifs is 1. The fraction of sp³-hybridized carbons (Fsp3) is 0.562. The first-order valence-electron chi connectivity index (χ1n) is 7.37. The number of benzene rings is 1. The summed E-state index contributed by atoms with van der Waals surface area (Å²) in [7, 11) is 5.69. The van der Waals surface area contributed by atoms with Crippen molar-refractivity contribution in [1.29, 1.82) is 0 Å². The van der Waals surface area contributed by atoms with E-state index in [1.54, 1.807) is 9.13 Å². The lowest BCUT2D eigenvalue weighted by atomic mass is 9.90. The fourth-order valence-electron chi connectivity index (χ4n) is 3.34. The Labute approximate surface area is 119 Å². The minimum Gasteiger partial charge on any atom is -0.313 e. The molecule has 0 spiro atoms. The molecule has 1 aliphatic rings. The summed E-state index contributed by atoms with van der Waals surface area (Å²) in [4.78, 5) is 12.0. The van der Waals surface area contributed by atoms with Crippen LogP contribution in [-0.4, -0.2) is 16.2 Å². The van der Waals surface area contributed by atoms with E-state index >= 15 is 0 Å². The van der Waals surface area contributed by atoms with Crippen molar-refractivity contribution in [2.45, 2.75) is 25.8 Å². The van der Waals surface area contributed by atoms with Crippen molar-refractivity contribution in [2.75, 3.05) is 7.05 Å². The molecule has 0 amide bonds. The quantitative estimate of drug-likeness (QED) is 0.927. The molecule has 1 aromatic heterocycles. The van der Waals surface area contributed by atoms with E-state index in [0.29, 0.717) is 12.0 Å². The molecule has 108 valence electrons. The van der Waals surface area contributed by atoms with E-state index in [1.165, 1.54) is 18.4 Å². The summed E-state index contributed by atoms with van der Waals surface area (Å²) in [6, 6.07) is 6.75. The zero-order chi connectivity index (χ0) is 14.4. The molecule has 3 rings (SSSR count). The minimum atomic E-state index is 0.0356. The molecule has 4 heteroatoms. The third-order valence-electron chi connectivity index (χ3n) is 4.86. The molecule has 1 heterocycles. The summed E-state index contributed by atoms with van der Waals surface area (Å²) < 4.78 is 3.44. The van der Waals surface area contributed by atoms with Crippen molar-refractivity contribution >= 4 is 11.0 Å². The Bertz CT molecular complexity index is 694. The standard InChI is InChI=1S/C16H23N3O/c1-10(11-5-6-11)15(17-2)12-7-8-13-14(9-12)19(4)16(20)18(13)3/h7-11,15,17H,5-6H2,1-4H3. The van der Waals surface area contributed by atoms with E-state index in [9.17, 15) is 4.79 Å². The third-order valence-corrected chi connectivity index (χ3v) is 4.86. The maximum atomic E-state index is 12.0. The number of imidazole rings is 1. The second-order valence-electron chi connectivity index (χ2n) is 6.11. The summed E-state index contributed by atoms with van der Waals surface area (Å²) >= 11 is 0. The number of aromatic nitrogens is 2. The van der Waals surface area contributed by atoms with Gasteiger partial charge in [-0.3, -0.25) is 9.13 Å². The SMILES string of the molecule is CNC(c1ccc2c(c1)n(C)c(=O)n2C)C(C)C1CC1. The number of rotatable bonds is 4. The van der Waals surface area contributed by atoms with Crippen LogP contribution in [-0.2, 0) is 14.1 Å². The van der Waals surface area contributed by atoms with Crippen molar-refractivity contribution in [3.8, 4) is 0 Å². The van der Waals surface area contributed by atoms with Crippen LogP contribution >= 0.6 is 0 Å². The molecule has 0 bridgehead atoms. The average molecular weight is 273 g/mol. The molecule has 2 atom stereocenters. The summed E-state index contributed by atoms with van der Waals surface area (Å²) in [5.74, 6) is 1.49. The molecule has 0 aliphatic heterocycles. The van der Waals surface area contributed by atoms with Gasteiger partial charge in [-0.1, -0.05) is 13.0 Å². The van der Waals surface area contributed by atoms with Gasteiger partial charge in [0.25, 0.3) is 0 Å². The molecule has 1 N–H and O–H groups in total. The molecular formula is C16H23N3O. The van der Waals surface area contributed by atoms with Crippen molar-refractivity contribution in [3.63, 3.8) is 0 Å². The Morgan fingerprint density at radius 1 is 1.20 bits per heavy atom. The number of aryl methyl sites for hydroxylation is 2. The highest BCUT2D eigenvalue weighted by atomic mass is 16.1. The molecule has 2 aromatic rings. The van der Waals surface area contributed by atoms with Gasteiger partial charge in [0.1, 0.15) is 0 Å². The zero-order valence-corrected chi connectivity index (χ0v) is 12.7. The smallest absolute Gasteiger partial charge is 0.313 e. The lowest BCUT2D eigenvalue weighted by molar-refractivity contribution is 0.369. The molecule has 0 saturated heterocycles. The maximum Gasteiger partial charge on any atom is 0.328 e. The van der Waals surface area contributed by atoms with Gasteiger partial charge in [0.05, 0.1) is 11.0 Å². The van der Waals surface area contributed by atoms with Gasteiger partial charge < -0.3 is 5.32 Å². The summed E-state index contributed by atoms with van der Waals surface area (Å²) in [5, 5.41) is 3.45. The van der Waals surface area contributed by atoms with Crippen LogP contribution in [0, 0.1) is 11.8 Å². The first-order valence-corrected chi connectivity index (χ1v) is 7.37. The van der Waals surface area contributed by atoms with Crippen LogP contribution in [0.4, 0.5) is 0 Å². The van der Waals surface area contributed by atoms with E-state index in [-0.39, 0.29) is 5.69 Å². The largest absolute Gasteiger partial charge is 0.328 e. The molecule has 1 aliphatic carbocycles. The van der Waals surface area contributed by atoms with Crippen molar-refractivity contribution in [2.24, 2.45) is 25.9 Å². The zero-order valence-electron chi connectivity index (χ0n) is 12.7. The van der Waals surface area contributed by atoms with Crippen molar-refractivity contribution < 1.29 is 0 Å². The van der Waals surface area contributed by atoms with E-state index in [0.717, 1.165) is 17.0 Å². The van der Waals surface area contributed by atoms with Gasteiger partial charge in [-0.2, -0.15) is 0 Å². The molecule has 0 radical (unpaired) electrons. The van der Waals surface area contributed by atoms with Gasteiger partial charge in [-0.15, -0.1) is 0 Å². The summed E-state index contributed by atoms with van der Waals surface area (Å²) in [6.45, 7) is 2.33. The molecular weight excluding hydrogens is 250 g/mol. The van der Waals surface area contributed by atoms with Gasteiger partial charge >= 0.3 is 5.69 Å². The number of nitrogens with one attached hydrogen (secondary N) is 1. The van der Waals surface area contributed by atoms with Crippen LogP contribution in [0.1, 0.15) is 31.4 Å². The first kappa shape index (κ1) is 13.4. The predicted molar refractivity (Wildman–Crippen MR) is 81.8 cm³/mol. The van der Waals surface area contributed by atoms with Crippen LogP contribution in [0.5, 0.6) is 0 Å². The Morgan fingerprint density at radius 2 is 1.85 bits per heavy atom. The van der Waals surface area contributed by atoms with Crippen LogP contribution < -0.4 is 11.0 Å². The fourth-order valence-corrected chi connectivity index (χ4v) is 3.34.